The molecule has 0 unspecified atom stereocenters. The van der Waals surface area contributed by atoms with E-state index in [2.05, 4.69) is 6.07 Å². The third kappa shape index (κ3) is 3.38. The highest BCUT2D eigenvalue weighted by atomic mass is 16.5. The molecule has 0 aliphatic heterocycles. The van der Waals surface area contributed by atoms with Gasteiger partial charge in [-0.3, -0.25) is 4.79 Å². The van der Waals surface area contributed by atoms with Gasteiger partial charge in [-0.15, -0.1) is 0 Å². The van der Waals surface area contributed by atoms with E-state index in [1.54, 1.807) is 30.2 Å². The zero-order valence-corrected chi connectivity index (χ0v) is 10.8. The van der Waals surface area contributed by atoms with Crippen LogP contribution in [0.5, 0.6) is 5.75 Å². The topological polar surface area (TPSA) is 73.6 Å². The number of rotatable bonds is 6. The summed E-state index contributed by atoms with van der Waals surface area (Å²) in [6.07, 6.45) is 2.25. The number of methoxy groups -OCH3 is 1. The minimum Gasteiger partial charge on any atom is -0.497 e. The summed E-state index contributed by atoms with van der Waals surface area (Å²) in [4.78, 5) is 12.7. The summed E-state index contributed by atoms with van der Waals surface area (Å²) < 4.78 is 5.15. The van der Waals surface area contributed by atoms with Gasteiger partial charge in [-0.1, -0.05) is 0 Å². The van der Waals surface area contributed by atoms with Crippen molar-refractivity contribution in [1.82, 2.24) is 0 Å². The summed E-state index contributed by atoms with van der Waals surface area (Å²) in [7, 11) is 1.55. The van der Waals surface area contributed by atoms with Crippen LogP contribution in [0, 0.1) is 17.2 Å². The van der Waals surface area contributed by atoms with Crippen LogP contribution in [0.4, 0.5) is 5.69 Å². The van der Waals surface area contributed by atoms with E-state index in [0.717, 1.165) is 12.8 Å². The second-order valence-electron chi connectivity index (χ2n) is 4.71. The molecule has 2 rings (SSSR count). The van der Waals surface area contributed by atoms with Crippen LogP contribution in [0.15, 0.2) is 18.2 Å². The molecule has 0 saturated heterocycles. The predicted octanol–water partition coefficient (Wildman–Crippen LogP) is 1.87. The van der Waals surface area contributed by atoms with Crippen LogP contribution in [0.2, 0.25) is 0 Å². The Kier molecular flexibility index (Phi) is 3.91. The normalized spacial score (nSPS) is 13.7. The fraction of sp³-hybridized carbons (Fsp3) is 0.429. The first kappa shape index (κ1) is 13.2. The lowest BCUT2D eigenvalue weighted by molar-refractivity contribution is -0.135. The molecule has 19 heavy (non-hydrogen) atoms. The number of hydrogen-bond donors (Lipinski definition) is 1. The molecule has 1 aliphatic rings. The molecule has 5 heteroatoms. The first-order chi connectivity index (χ1) is 9.13. The SMILES string of the molecule is COc1ccc(C#N)c(N(CC(=O)O)CC2CC2)c1. The molecule has 100 valence electrons. The summed E-state index contributed by atoms with van der Waals surface area (Å²) in [6.45, 7) is 0.576. The van der Waals surface area contributed by atoms with Gasteiger partial charge in [0.25, 0.3) is 0 Å². The molecule has 1 aliphatic carbocycles. The minimum absolute atomic E-state index is 0.0989. The van der Waals surface area contributed by atoms with Crippen molar-refractivity contribution in [3.8, 4) is 11.8 Å². The number of benzene rings is 1. The van der Waals surface area contributed by atoms with Gasteiger partial charge in [0.05, 0.1) is 18.4 Å². The van der Waals surface area contributed by atoms with Crippen molar-refractivity contribution in [1.29, 1.82) is 5.26 Å². The van der Waals surface area contributed by atoms with Crippen LogP contribution in [0.1, 0.15) is 18.4 Å². The Morgan fingerprint density at radius 1 is 1.58 bits per heavy atom. The standard InChI is InChI=1S/C14H16N2O3/c1-19-12-5-4-11(7-15)13(6-12)16(9-14(17)18)8-10-2-3-10/h4-6,10H,2-3,8-9H2,1H3,(H,17,18). The predicted molar refractivity (Wildman–Crippen MR) is 70.3 cm³/mol. The number of carbonyl (C=O) groups is 1. The van der Waals surface area contributed by atoms with E-state index in [-0.39, 0.29) is 6.54 Å². The Hall–Kier alpha value is -2.22. The number of ether oxygens (including phenoxy) is 1. The smallest absolute Gasteiger partial charge is 0.323 e. The highest BCUT2D eigenvalue weighted by molar-refractivity contribution is 5.75. The van der Waals surface area contributed by atoms with Crippen LogP contribution in [0.25, 0.3) is 0 Å². The molecule has 0 amide bonds. The van der Waals surface area contributed by atoms with E-state index in [1.807, 2.05) is 0 Å². The third-order valence-corrected chi connectivity index (χ3v) is 3.17. The Morgan fingerprint density at radius 3 is 2.84 bits per heavy atom. The van der Waals surface area contributed by atoms with Gasteiger partial charge in [0.2, 0.25) is 0 Å². The molecule has 1 aromatic carbocycles. The molecule has 0 heterocycles. The average molecular weight is 260 g/mol. The Bertz CT molecular complexity index is 518. The van der Waals surface area contributed by atoms with Crippen molar-refractivity contribution in [3.05, 3.63) is 23.8 Å². The number of hydrogen-bond acceptors (Lipinski definition) is 4. The van der Waals surface area contributed by atoms with E-state index < -0.39 is 5.97 Å². The molecule has 0 bridgehead atoms. The van der Waals surface area contributed by atoms with E-state index >= 15 is 0 Å². The van der Waals surface area contributed by atoms with Crippen molar-refractivity contribution >= 4 is 11.7 Å². The van der Waals surface area contributed by atoms with Crippen molar-refractivity contribution in [2.24, 2.45) is 5.92 Å². The first-order valence-corrected chi connectivity index (χ1v) is 6.19. The number of nitrogens with zero attached hydrogens (tertiary/aromatic N) is 2. The lowest BCUT2D eigenvalue weighted by Crippen LogP contribution is -2.32. The van der Waals surface area contributed by atoms with Gasteiger partial charge in [-0.25, -0.2) is 0 Å². The minimum atomic E-state index is -0.896. The maximum Gasteiger partial charge on any atom is 0.323 e. The summed E-state index contributed by atoms with van der Waals surface area (Å²) in [5, 5.41) is 18.2. The molecule has 5 nitrogen and oxygen atoms in total. The Balaban J connectivity index is 2.32. The van der Waals surface area contributed by atoms with E-state index in [4.69, 9.17) is 15.1 Å². The van der Waals surface area contributed by atoms with Gasteiger partial charge in [0.1, 0.15) is 18.4 Å². The number of carboxylic acids is 1. The van der Waals surface area contributed by atoms with Crippen LogP contribution >= 0.6 is 0 Å². The van der Waals surface area contributed by atoms with E-state index in [9.17, 15) is 4.79 Å². The van der Waals surface area contributed by atoms with Gasteiger partial charge in [-0.05, 0) is 30.9 Å². The van der Waals surface area contributed by atoms with Crippen LogP contribution in [0.3, 0.4) is 0 Å². The number of anilines is 1. The van der Waals surface area contributed by atoms with Gasteiger partial charge >= 0.3 is 5.97 Å². The van der Waals surface area contributed by atoms with E-state index in [0.29, 0.717) is 29.5 Å². The summed E-state index contributed by atoms with van der Waals surface area (Å²) in [5.74, 6) is 0.268. The van der Waals surface area contributed by atoms with Gasteiger partial charge in [-0.2, -0.15) is 5.26 Å². The highest BCUT2D eigenvalue weighted by Crippen LogP contribution is 2.33. The first-order valence-electron chi connectivity index (χ1n) is 6.19. The molecule has 1 saturated carbocycles. The largest absolute Gasteiger partial charge is 0.497 e. The molecule has 0 atom stereocenters. The van der Waals surface area contributed by atoms with Crippen LogP contribution in [-0.4, -0.2) is 31.3 Å². The third-order valence-electron chi connectivity index (χ3n) is 3.17. The monoisotopic (exact) mass is 260 g/mol. The molecule has 0 spiro atoms. The maximum absolute atomic E-state index is 11.0. The van der Waals surface area contributed by atoms with E-state index in [1.165, 1.54) is 0 Å². The summed E-state index contributed by atoms with van der Waals surface area (Å²) in [5.41, 5.74) is 1.11. The lowest BCUT2D eigenvalue weighted by atomic mass is 10.1. The number of aliphatic carboxylic acids is 1. The summed E-state index contributed by atoms with van der Waals surface area (Å²) in [6, 6.07) is 7.20. The van der Waals surface area contributed by atoms with Crippen LogP contribution in [-0.2, 0) is 4.79 Å². The quantitative estimate of drug-likeness (QED) is 0.845. The molecule has 0 aromatic heterocycles. The lowest BCUT2D eigenvalue weighted by Gasteiger charge is -2.24. The van der Waals surface area contributed by atoms with Gasteiger partial charge < -0.3 is 14.7 Å². The fourth-order valence-electron chi connectivity index (χ4n) is 2.02. The molecule has 0 radical (unpaired) electrons. The highest BCUT2D eigenvalue weighted by Gasteiger charge is 2.26. The van der Waals surface area contributed by atoms with Crippen molar-refractivity contribution in [2.75, 3.05) is 25.1 Å². The zero-order chi connectivity index (χ0) is 13.8. The fourth-order valence-corrected chi connectivity index (χ4v) is 2.02. The molecular formula is C14H16N2O3. The Morgan fingerprint density at radius 2 is 2.32 bits per heavy atom. The average Bonchev–Trinajstić information content (AvgIpc) is 3.20. The van der Waals surface area contributed by atoms with Crippen molar-refractivity contribution in [3.63, 3.8) is 0 Å². The Labute approximate surface area is 112 Å². The maximum atomic E-state index is 11.0. The molecule has 1 N–H and O–H groups in total. The van der Waals surface area contributed by atoms with Crippen LogP contribution < -0.4 is 9.64 Å². The zero-order valence-electron chi connectivity index (χ0n) is 10.8. The van der Waals surface area contributed by atoms with Crippen molar-refractivity contribution in [2.45, 2.75) is 12.8 Å². The number of carboxylic acid groups (broad SMARTS) is 1. The van der Waals surface area contributed by atoms with Crippen molar-refractivity contribution < 1.29 is 14.6 Å². The van der Waals surface area contributed by atoms with Gasteiger partial charge in [0.15, 0.2) is 0 Å². The van der Waals surface area contributed by atoms with Gasteiger partial charge in [0, 0.05) is 12.6 Å². The molecule has 1 fully saturated rings. The second kappa shape index (κ2) is 5.61. The molecular weight excluding hydrogens is 244 g/mol. The summed E-state index contributed by atoms with van der Waals surface area (Å²) >= 11 is 0. The second-order valence-corrected chi connectivity index (χ2v) is 4.71. The molecule has 1 aromatic rings. The number of nitriles is 1.